The summed E-state index contributed by atoms with van der Waals surface area (Å²) in [6.07, 6.45) is 1.13. The average Bonchev–Trinajstić information content (AvgIpc) is 2.47. The van der Waals surface area contributed by atoms with Crippen molar-refractivity contribution in [2.45, 2.75) is 13.0 Å². The molecule has 1 aliphatic heterocycles. The summed E-state index contributed by atoms with van der Waals surface area (Å²) in [5.41, 5.74) is 5.46. The summed E-state index contributed by atoms with van der Waals surface area (Å²) in [6, 6.07) is 17.1. The van der Waals surface area contributed by atoms with E-state index in [9.17, 15) is 0 Å². The molecular formula is C16H18N2. The zero-order valence-corrected chi connectivity index (χ0v) is 10.7. The second kappa shape index (κ2) is 4.83. The molecule has 0 saturated carbocycles. The van der Waals surface area contributed by atoms with Gasteiger partial charge in [0.15, 0.2) is 0 Å². The van der Waals surface area contributed by atoms with Gasteiger partial charge in [-0.1, -0.05) is 30.3 Å². The summed E-state index contributed by atoms with van der Waals surface area (Å²) < 4.78 is 0. The molecule has 2 aromatic rings. The highest BCUT2D eigenvalue weighted by Crippen LogP contribution is 2.30. The zero-order chi connectivity index (χ0) is 12.4. The van der Waals surface area contributed by atoms with E-state index in [4.69, 9.17) is 0 Å². The van der Waals surface area contributed by atoms with Gasteiger partial charge < -0.3 is 10.2 Å². The minimum atomic E-state index is 0.975. The molecule has 0 saturated heterocycles. The molecule has 2 nitrogen and oxygen atoms in total. The molecule has 0 fully saturated rings. The Morgan fingerprint density at radius 1 is 1.00 bits per heavy atom. The highest BCUT2D eigenvalue weighted by Gasteiger charge is 2.15. The van der Waals surface area contributed by atoms with Crippen molar-refractivity contribution in [1.82, 2.24) is 5.32 Å². The summed E-state index contributed by atoms with van der Waals surface area (Å²) in [5.74, 6) is 0. The van der Waals surface area contributed by atoms with Gasteiger partial charge in [-0.25, -0.2) is 0 Å². The quantitative estimate of drug-likeness (QED) is 0.865. The molecule has 0 unspecified atom stereocenters. The highest BCUT2D eigenvalue weighted by molar-refractivity contribution is 5.67. The maximum absolute atomic E-state index is 3.46. The number of rotatable bonds is 2. The monoisotopic (exact) mass is 238 g/mol. The lowest BCUT2D eigenvalue weighted by Gasteiger charge is -2.27. The summed E-state index contributed by atoms with van der Waals surface area (Å²) >= 11 is 0. The SMILES string of the molecule is CN(c1ccccc1)c1cccc2c1CNCC2. The van der Waals surface area contributed by atoms with Crippen molar-refractivity contribution < 1.29 is 0 Å². The Morgan fingerprint density at radius 3 is 2.67 bits per heavy atom. The van der Waals surface area contributed by atoms with E-state index in [1.807, 2.05) is 0 Å². The highest BCUT2D eigenvalue weighted by atomic mass is 15.1. The number of anilines is 2. The van der Waals surface area contributed by atoms with Gasteiger partial charge >= 0.3 is 0 Å². The molecule has 0 bridgehead atoms. The standard InChI is InChI=1S/C16H18N2/c1-18(14-7-3-2-4-8-14)16-9-5-6-13-10-11-17-12-15(13)16/h2-9,17H,10-12H2,1H3. The average molecular weight is 238 g/mol. The van der Waals surface area contributed by atoms with Crippen molar-refractivity contribution in [3.8, 4) is 0 Å². The van der Waals surface area contributed by atoms with Crippen molar-refractivity contribution in [3.05, 3.63) is 59.7 Å². The summed E-state index contributed by atoms with van der Waals surface area (Å²) in [4.78, 5) is 2.27. The first-order valence-corrected chi connectivity index (χ1v) is 6.46. The van der Waals surface area contributed by atoms with Crippen LogP contribution in [0.25, 0.3) is 0 Å². The van der Waals surface area contributed by atoms with Crippen LogP contribution in [0.1, 0.15) is 11.1 Å². The van der Waals surface area contributed by atoms with Crippen molar-refractivity contribution in [2.24, 2.45) is 0 Å². The first kappa shape index (κ1) is 11.3. The van der Waals surface area contributed by atoms with Crippen LogP contribution in [-0.4, -0.2) is 13.6 Å². The predicted molar refractivity (Wildman–Crippen MR) is 76.4 cm³/mol. The molecule has 18 heavy (non-hydrogen) atoms. The first-order chi connectivity index (χ1) is 8.86. The van der Waals surface area contributed by atoms with Crippen molar-refractivity contribution in [3.63, 3.8) is 0 Å². The fourth-order valence-corrected chi connectivity index (χ4v) is 2.60. The van der Waals surface area contributed by atoms with Crippen LogP contribution in [-0.2, 0) is 13.0 Å². The Labute approximate surface area is 108 Å². The van der Waals surface area contributed by atoms with Gasteiger partial charge in [-0.05, 0) is 42.3 Å². The Bertz CT molecular complexity index is 534. The Kier molecular flexibility index (Phi) is 3.03. The fourth-order valence-electron chi connectivity index (χ4n) is 2.60. The minimum Gasteiger partial charge on any atom is -0.344 e. The van der Waals surface area contributed by atoms with Crippen molar-refractivity contribution in [1.29, 1.82) is 0 Å². The zero-order valence-electron chi connectivity index (χ0n) is 10.7. The first-order valence-electron chi connectivity index (χ1n) is 6.46. The van der Waals surface area contributed by atoms with Crippen LogP contribution >= 0.6 is 0 Å². The van der Waals surface area contributed by atoms with E-state index >= 15 is 0 Å². The predicted octanol–water partition coefficient (Wildman–Crippen LogP) is 3.10. The smallest absolute Gasteiger partial charge is 0.0456 e. The van der Waals surface area contributed by atoms with Crippen LogP contribution < -0.4 is 10.2 Å². The third-order valence-electron chi connectivity index (χ3n) is 3.63. The molecule has 0 spiro atoms. The normalized spacial score (nSPS) is 14.1. The number of nitrogens with zero attached hydrogens (tertiary/aromatic N) is 1. The molecule has 0 atom stereocenters. The molecule has 1 heterocycles. The maximum atomic E-state index is 3.46. The van der Waals surface area contributed by atoms with Gasteiger partial charge in [-0.2, -0.15) is 0 Å². The summed E-state index contributed by atoms with van der Waals surface area (Å²) in [7, 11) is 2.14. The number of hydrogen-bond acceptors (Lipinski definition) is 2. The van der Waals surface area contributed by atoms with E-state index in [1.165, 1.54) is 22.5 Å². The molecule has 92 valence electrons. The molecule has 0 aromatic heterocycles. The van der Waals surface area contributed by atoms with Crippen LogP contribution in [0.2, 0.25) is 0 Å². The van der Waals surface area contributed by atoms with Crippen molar-refractivity contribution in [2.75, 3.05) is 18.5 Å². The summed E-state index contributed by atoms with van der Waals surface area (Å²) in [6.45, 7) is 2.06. The Morgan fingerprint density at radius 2 is 1.83 bits per heavy atom. The van der Waals surface area contributed by atoms with Gasteiger partial charge in [-0.3, -0.25) is 0 Å². The van der Waals surface area contributed by atoms with E-state index in [0.29, 0.717) is 0 Å². The molecule has 1 N–H and O–H groups in total. The van der Waals surface area contributed by atoms with Gasteiger partial charge in [-0.15, -0.1) is 0 Å². The third kappa shape index (κ3) is 2.00. The number of para-hydroxylation sites is 1. The molecule has 2 heteroatoms. The number of hydrogen-bond donors (Lipinski definition) is 1. The van der Waals surface area contributed by atoms with E-state index in [2.05, 4.69) is 65.8 Å². The van der Waals surface area contributed by atoms with Crippen LogP contribution in [0.4, 0.5) is 11.4 Å². The van der Waals surface area contributed by atoms with Gasteiger partial charge in [0.05, 0.1) is 0 Å². The van der Waals surface area contributed by atoms with Gasteiger partial charge in [0.1, 0.15) is 0 Å². The molecule has 0 amide bonds. The Balaban J connectivity index is 2.02. The second-order valence-corrected chi connectivity index (χ2v) is 4.74. The molecule has 2 aromatic carbocycles. The van der Waals surface area contributed by atoms with Crippen molar-refractivity contribution >= 4 is 11.4 Å². The van der Waals surface area contributed by atoms with Crippen LogP contribution in [0.3, 0.4) is 0 Å². The van der Waals surface area contributed by atoms with Crippen LogP contribution in [0.15, 0.2) is 48.5 Å². The second-order valence-electron chi connectivity index (χ2n) is 4.74. The van der Waals surface area contributed by atoms with Crippen LogP contribution in [0.5, 0.6) is 0 Å². The number of benzene rings is 2. The van der Waals surface area contributed by atoms with Crippen LogP contribution in [0, 0.1) is 0 Å². The lowest BCUT2D eigenvalue weighted by molar-refractivity contribution is 0.643. The maximum Gasteiger partial charge on any atom is 0.0456 e. The van der Waals surface area contributed by atoms with Gasteiger partial charge in [0.2, 0.25) is 0 Å². The lowest BCUT2D eigenvalue weighted by Crippen LogP contribution is -2.26. The van der Waals surface area contributed by atoms with Gasteiger partial charge in [0, 0.05) is 25.0 Å². The lowest BCUT2D eigenvalue weighted by atomic mass is 9.98. The molecule has 1 aliphatic rings. The van der Waals surface area contributed by atoms with E-state index < -0.39 is 0 Å². The number of nitrogens with one attached hydrogen (secondary N) is 1. The molecule has 3 rings (SSSR count). The fraction of sp³-hybridized carbons (Fsp3) is 0.250. The Hall–Kier alpha value is -1.80. The van der Waals surface area contributed by atoms with E-state index in [0.717, 1.165) is 19.5 Å². The summed E-state index contributed by atoms with van der Waals surface area (Å²) in [5, 5.41) is 3.46. The molecule has 0 aliphatic carbocycles. The van der Waals surface area contributed by atoms with Gasteiger partial charge in [0.25, 0.3) is 0 Å². The third-order valence-corrected chi connectivity index (χ3v) is 3.63. The topological polar surface area (TPSA) is 15.3 Å². The largest absolute Gasteiger partial charge is 0.344 e. The number of fused-ring (bicyclic) bond motifs is 1. The van der Waals surface area contributed by atoms with E-state index in [1.54, 1.807) is 0 Å². The minimum absolute atomic E-state index is 0.975. The molecular weight excluding hydrogens is 220 g/mol. The van der Waals surface area contributed by atoms with E-state index in [-0.39, 0.29) is 0 Å². The molecule has 0 radical (unpaired) electrons.